The van der Waals surface area contributed by atoms with E-state index in [1.807, 2.05) is 37.3 Å². The van der Waals surface area contributed by atoms with Crippen LogP contribution in [0.2, 0.25) is 0 Å². The molecule has 0 unspecified atom stereocenters. The second-order valence-electron chi connectivity index (χ2n) is 8.67. The molecular weight excluding hydrogens is 464 g/mol. The van der Waals surface area contributed by atoms with Crippen molar-refractivity contribution in [1.82, 2.24) is 9.97 Å². The van der Waals surface area contributed by atoms with Gasteiger partial charge in [-0.15, -0.1) is 0 Å². The fourth-order valence-electron chi connectivity index (χ4n) is 4.43. The highest BCUT2D eigenvalue weighted by atomic mass is 19.1. The zero-order chi connectivity index (χ0) is 25.2. The number of rotatable bonds is 5. The Bertz CT molecular complexity index is 1430. The van der Waals surface area contributed by atoms with Crippen LogP contribution in [0.15, 0.2) is 54.7 Å². The summed E-state index contributed by atoms with van der Waals surface area (Å²) in [6.45, 7) is 6.03. The number of fused-ring (bicyclic) bond motifs is 1. The van der Waals surface area contributed by atoms with Crippen LogP contribution in [-0.2, 0) is 9.53 Å². The lowest BCUT2D eigenvalue weighted by molar-refractivity contribution is -0.114. The number of morpholine rings is 1. The van der Waals surface area contributed by atoms with Gasteiger partial charge in [-0.1, -0.05) is 0 Å². The molecule has 36 heavy (non-hydrogen) atoms. The average Bonchev–Trinajstić information content (AvgIpc) is 2.85. The molecule has 5 rings (SSSR count). The third kappa shape index (κ3) is 4.96. The largest absolute Gasteiger partial charge is 0.378 e. The normalized spacial score (nSPS) is 13.6. The number of carbonyl (C=O) groups excluding carboxylic acids is 1. The minimum Gasteiger partial charge on any atom is -0.378 e. The number of nitrogens with zero attached hydrogens (tertiary/aromatic N) is 3. The number of benzene rings is 2. The molecule has 1 amide bonds. The molecule has 0 saturated carbocycles. The lowest BCUT2D eigenvalue weighted by Gasteiger charge is -2.30. The van der Waals surface area contributed by atoms with Crippen molar-refractivity contribution in [3.8, 4) is 11.3 Å². The van der Waals surface area contributed by atoms with E-state index in [0.717, 1.165) is 35.9 Å². The number of hydrogen-bond donors (Lipinski definition) is 2. The molecule has 1 fully saturated rings. The predicted octanol–water partition coefficient (Wildman–Crippen LogP) is 5.42. The topological polar surface area (TPSA) is 79.4 Å². The Kier molecular flexibility index (Phi) is 6.47. The maximum atomic E-state index is 14.0. The molecule has 2 aromatic carbocycles. The Morgan fingerprint density at radius 3 is 2.47 bits per heavy atom. The molecule has 7 nitrogen and oxygen atoms in total. The number of carbonyl (C=O) groups is 1. The van der Waals surface area contributed by atoms with Gasteiger partial charge < -0.3 is 20.3 Å². The van der Waals surface area contributed by atoms with Crippen LogP contribution in [0.4, 0.5) is 31.5 Å². The second-order valence-corrected chi connectivity index (χ2v) is 8.67. The van der Waals surface area contributed by atoms with E-state index in [-0.39, 0.29) is 5.91 Å². The lowest BCUT2D eigenvalue weighted by atomic mass is 10.0. The molecule has 184 valence electrons. The van der Waals surface area contributed by atoms with E-state index in [4.69, 9.17) is 4.74 Å². The standard InChI is InChI=1S/C27H25F2N5O2/c1-16-25(18-10-19(28)12-20(29)11-18)33-27-24(4-3-5-30-27)26(16)32-22-13-21(31-17(2)35)14-23(15-22)34-6-8-36-9-7-34/h3-5,10-15H,6-9H2,1-2H3,(H,31,35)(H,30,32,33). The Morgan fingerprint density at radius 2 is 1.75 bits per heavy atom. The van der Waals surface area contributed by atoms with E-state index < -0.39 is 11.6 Å². The van der Waals surface area contributed by atoms with Crippen LogP contribution in [0.1, 0.15) is 12.5 Å². The van der Waals surface area contributed by atoms with Gasteiger partial charge in [-0.25, -0.2) is 18.7 Å². The van der Waals surface area contributed by atoms with Crippen molar-refractivity contribution >= 4 is 39.7 Å². The first-order valence-corrected chi connectivity index (χ1v) is 11.6. The minimum atomic E-state index is -0.681. The second kappa shape index (κ2) is 9.87. The number of pyridine rings is 2. The van der Waals surface area contributed by atoms with Gasteiger partial charge in [-0.2, -0.15) is 0 Å². The monoisotopic (exact) mass is 489 g/mol. The van der Waals surface area contributed by atoms with Crippen molar-refractivity contribution < 1.29 is 18.3 Å². The molecule has 3 heterocycles. The van der Waals surface area contributed by atoms with Crippen LogP contribution >= 0.6 is 0 Å². The highest BCUT2D eigenvalue weighted by Gasteiger charge is 2.18. The van der Waals surface area contributed by atoms with E-state index in [2.05, 4.69) is 25.5 Å². The van der Waals surface area contributed by atoms with E-state index in [9.17, 15) is 13.6 Å². The quantitative estimate of drug-likeness (QED) is 0.390. The van der Waals surface area contributed by atoms with Gasteiger partial charge in [0.1, 0.15) is 11.6 Å². The summed E-state index contributed by atoms with van der Waals surface area (Å²) < 4.78 is 33.5. The number of nitrogens with one attached hydrogen (secondary N) is 2. The fraction of sp³-hybridized carbons (Fsp3) is 0.222. The first-order valence-electron chi connectivity index (χ1n) is 11.6. The van der Waals surface area contributed by atoms with Gasteiger partial charge in [-0.3, -0.25) is 4.79 Å². The summed E-state index contributed by atoms with van der Waals surface area (Å²) in [5, 5.41) is 7.10. The smallest absolute Gasteiger partial charge is 0.221 e. The van der Waals surface area contributed by atoms with Crippen molar-refractivity contribution in [2.75, 3.05) is 41.8 Å². The predicted molar refractivity (Wildman–Crippen MR) is 137 cm³/mol. The zero-order valence-corrected chi connectivity index (χ0v) is 19.9. The van der Waals surface area contributed by atoms with Crippen LogP contribution in [0.3, 0.4) is 0 Å². The maximum absolute atomic E-state index is 14.0. The maximum Gasteiger partial charge on any atom is 0.221 e. The molecule has 4 aromatic rings. The van der Waals surface area contributed by atoms with Crippen LogP contribution in [-0.4, -0.2) is 42.2 Å². The molecule has 0 spiro atoms. The van der Waals surface area contributed by atoms with E-state index in [1.165, 1.54) is 19.1 Å². The van der Waals surface area contributed by atoms with Crippen LogP contribution in [0.5, 0.6) is 0 Å². The summed E-state index contributed by atoms with van der Waals surface area (Å²) in [4.78, 5) is 23.0. The fourth-order valence-corrected chi connectivity index (χ4v) is 4.43. The van der Waals surface area contributed by atoms with Gasteiger partial charge in [0.2, 0.25) is 5.91 Å². The number of halogens is 2. The zero-order valence-electron chi connectivity index (χ0n) is 19.9. The number of hydrogen-bond acceptors (Lipinski definition) is 6. The summed E-state index contributed by atoms with van der Waals surface area (Å²) >= 11 is 0. The van der Waals surface area contributed by atoms with Crippen LogP contribution < -0.4 is 15.5 Å². The van der Waals surface area contributed by atoms with Gasteiger partial charge in [-0.05, 0) is 55.0 Å². The van der Waals surface area contributed by atoms with Crippen molar-refractivity contribution in [2.24, 2.45) is 0 Å². The van der Waals surface area contributed by atoms with Gasteiger partial charge in [0.05, 0.1) is 24.6 Å². The molecule has 0 radical (unpaired) electrons. The molecule has 1 saturated heterocycles. The van der Waals surface area contributed by atoms with Crippen molar-refractivity contribution in [1.29, 1.82) is 0 Å². The summed E-state index contributed by atoms with van der Waals surface area (Å²) in [5.41, 5.74) is 4.92. The van der Waals surface area contributed by atoms with E-state index >= 15 is 0 Å². The number of aromatic nitrogens is 2. The third-order valence-corrected chi connectivity index (χ3v) is 6.02. The molecule has 1 aliphatic heterocycles. The molecule has 0 aliphatic carbocycles. The van der Waals surface area contributed by atoms with Gasteiger partial charge in [0, 0.05) is 60.3 Å². The molecule has 1 aliphatic rings. The number of amides is 1. The summed E-state index contributed by atoms with van der Waals surface area (Å²) in [7, 11) is 0. The Labute approximate surface area is 207 Å². The van der Waals surface area contributed by atoms with Gasteiger partial charge in [0.25, 0.3) is 0 Å². The molecule has 2 aromatic heterocycles. The molecule has 9 heteroatoms. The first kappa shape index (κ1) is 23.6. The summed E-state index contributed by atoms with van der Waals surface area (Å²) in [6.07, 6.45) is 1.62. The average molecular weight is 490 g/mol. The highest BCUT2D eigenvalue weighted by Crippen LogP contribution is 2.36. The summed E-state index contributed by atoms with van der Waals surface area (Å²) in [5.74, 6) is -1.54. The highest BCUT2D eigenvalue weighted by molar-refractivity contribution is 5.97. The lowest BCUT2D eigenvalue weighted by Crippen LogP contribution is -2.36. The molecule has 0 atom stereocenters. The van der Waals surface area contributed by atoms with E-state index in [0.29, 0.717) is 47.1 Å². The van der Waals surface area contributed by atoms with Crippen LogP contribution in [0.25, 0.3) is 22.3 Å². The van der Waals surface area contributed by atoms with Crippen molar-refractivity contribution in [3.05, 3.63) is 71.9 Å². The molecular formula is C27H25F2N5O2. The van der Waals surface area contributed by atoms with E-state index in [1.54, 1.807) is 6.20 Å². The van der Waals surface area contributed by atoms with Gasteiger partial charge in [0.15, 0.2) is 5.65 Å². The Balaban J connectivity index is 1.64. The van der Waals surface area contributed by atoms with Crippen molar-refractivity contribution in [3.63, 3.8) is 0 Å². The van der Waals surface area contributed by atoms with Crippen molar-refractivity contribution in [2.45, 2.75) is 13.8 Å². The minimum absolute atomic E-state index is 0.176. The Hall–Kier alpha value is -4.11. The van der Waals surface area contributed by atoms with Gasteiger partial charge >= 0.3 is 0 Å². The number of anilines is 4. The Morgan fingerprint density at radius 1 is 1.03 bits per heavy atom. The van der Waals surface area contributed by atoms with Crippen LogP contribution in [0, 0.1) is 18.6 Å². The SMILES string of the molecule is CC(=O)Nc1cc(Nc2c(C)c(-c3cc(F)cc(F)c3)nc3ncccc23)cc(N2CCOCC2)c1. The number of ether oxygens (including phenoxy) is 1. The first-order chi connectivity index (χ1) is 17.4. The summed E-state index contributed by atoms with van der Waals surface area (Å²) in [6, 6.07) is 12.8. The third-order valence-electron chi connectivity index (χ3n) is 6.02. The molecule has 2 N–H and O–H groups in total. The molecule has 0 bridgehead atoms.